The predicted octanol–water partition coefficient (Wildman–Crippen LogP) is 4.60. The fraction of sp³-hybridized carbons (Fsp3) is 0.381. The van der Waals surface area contributed by atoms with E-state index < -0.39 is 5.82 Å². The van der Waals surface area contributed by atoms with Gasteiger partial charge in [-0.05, 0) is 36.6 Å². The number of nitrogens with zero attached hydrogens (tertiary/aromatic N) is 1. The van der Waals surface area contributed by atoms with E-state index in [1.165, 1.54) is 11.6 Å². The Labute approximate surface area is 167 Å². The highest BCUT2D eigenvalue weighted by molar-refractivity contribution is 9.10. The molecule has 0 radical (unpaired) electrons. The normalized spacial score (nSPS) is 16.6. The summed E-state index contributed by atoms with van der Waals surface area (Å²) in [7, 11) is 0. The van der Waals surface area contributed by atoms with Gasteiger partial charge in [-0.2, -0.15) is 0 Å². The minimum Gasteiger partial charge on any atom is -0.377 e. The van der Waals surface area contributed by atoms with Crippen LogP contribution in [0.4, 0.5) is 10.1 Å². The molecule has 1 heterocycles. The van der Waals surface area contributed by atoms with Crippen molar-refractivity contribution < 1.29 is 13.9 Å². The lowest BCUT2D eigenvalue weighted by molar-refractivity contribution is -0.116. The van der Waals surface area contributed by atoms with Crippen LogP contribution in [0.25, 0.3) is 0 Å². The van der Waals surface area contributed by atoms with Gasteiger partial charge in [0.1, 0.15) is 5.82 Å². The SMILES string of the molecule is O=C(CCN(Cc1ccccc1)CC1CCCO1)Nc1ccc(Br)cc1F. The fourth-order valence-electron chi connectivity index (χ4n) is 3.22. The fourth-order valence-corrected chi connectivity index (χ4v) is 3.55. The third kappa shape index (κ3) is 6.41. The molecule has 1 aliphatic heterocycles. The molecule has 6 heteroatoms. The van der Waals surface area contributed by atoms with Crippen LogP contribution in [0.3, 0.4) is 0 Å². The zero-order valence-electron chi connectivity index (χ0n) is 15.2. The summed E-state index contributed by atoms with van der Waals surface area (Å²) in [5, 5.41) is 2.66. The molecule has 0 aromatic heterocycles. The van der Waals surface area contributed by atoms with E-state index in [9.17, 15) is 9.18 Å². The van der Waals surface area contributed by atoms with Gasteiger partial charge in [0.2, 0.25) is 5.91 Å². The number of carbonyl (C=O) groups is 1. The Morgan fingerprint density at radius 2 is 2.07 bits per heavy atom. The van der Waals surface area contributed by atoms with Crippen molar-refractivity contribution in [3.63, 3.8) is 0 Å². The van der Waals surface area contributed by atoms with Crippen molar-refractivity contribution in [1.29, 1.82) is 0 Å². The highest BCUT2D eigenvalue weighted by atomic mass is 79.9. The van der Waals surface area contributed by atoms with Gasteiger partial charge in [0.15, 0.2) is 0 Å². The van der Waals surface area contributed by atoms with Gasteiger partial charge in [-0.25, -0.2) is 4.39 Å². The molecule has 0 bridgehead atoms. The standard InChI is InChI=1S/C21H24BrFN2O2/c22-17-8-9-20(19(23)13-17)24-21(26)10-11-25(15-18-7-4-12-27-18)14-16-5-2-1-3-6-16/h1-3,5-6,8-9,13,18H,4,7,10-12,14-15H2,(H,24,26). The third-order valence-corrected chi connectivity index (χ3v) is 5.09. The molecule has 27 heavy (non-hydrogen) atoms. The van der Waals surface area contributed by atoms with E-state index in [4.69, 9.17) is 4.74 Å². The van der Waals surface area contributed by atoms with Crippen molar-refractivity contribution in [1.82, 2.24) is 4.90 Å². The van der Waals surface area contributed by atoms with Gasteiger partial charge in [0.25, 0.3) is 0 Å². The number of carbonyl (C=O) groups excluding carboxylic acids is 1. The van der Waals surface area contributed by atoms with E-state index in [-0.39, 0.29) is 17.7 Å². The number of benzene rings is 2. The van der Waals surface area contributed by atoms with Crippen molar-refractivity contribution in [2.75, 3.05) is 25.0 Å². The number of amides is 1. The Bertz CT molecular complexity index is 751. The predicted molar refractivity (Wildman–Crippen MR) is 108 cm³/mol. The molecule has 1 unspecified atom stereocenters. The Morgan fingerprint density at radius 3 is 2.78 bits per heavy atom. The summed E-state index contributed by atoms with van der Waals surface area (Å²) in [6, 6.07) is 14.8. The molecule has 2 aromatic carbocycles. The van der Waals surface area contributed by atoms with E-state index in [1.54, 1.807) is 12.1 Å². The molecule has 1 fully saturated rings. The van der Waals surface area contributed by atoms with Crippen LogP contribution in [0.2, 0.25) is 0 Å². The Morgan fingerprint density at radius 1 is 1.26 bits per heavy atom. The average molecular weight is 435 g/mol. The summed E-state index contributed by atoms with van der Waals surface area (Å²) in [5.74, 6) is -0.639. The molecule has 1 atom stereocenters. The number of hydrogen-bond donors (Lipinski definition) is 1. The lowest BCUT2D eigenvalue weighted by Gasteiger charge is -2.25. The summed E-state index contributed by atoms with van der Waals surface area (Å²) in [6.45, 7) is 2.97. The lowest BCUT2D eigenvalue weighted by Crippen LogP contribution is -2.34. The average Bonchev–Trinajstić information content (AvgIpc) is 3.16. The lowest BCUT2D eigenvalue weighted by atomic mass is 10.1. The van der Waals surface area contributed by atoms with Crippen LogP contribution in [0.1, 0.15) is 24.8 Å². The quantitative estimate of drug-likeness (QED) is 0.659. The van der Waals surface area contributed by atoms with Gasteiger partial charge in [0, 0.05) is 37.1 Å². The molecular formula is C21H24BrFN2O2. The third-order valence-electron chi connectivity index (χ3n) is 4.60. The second-order valence-corrected chi connectivity index (χ2v) is 7.69. The monoisotopic (exact) mass is 434 g/mol. The van der Waals surface area contributed by atoms with Crippen molar-refractivity contribution >= 4 is 27.5 Å². The van der Waals surface area contributed by atoms with Gasteiger partial charge in [-0.15, -0.1) is 0 Å². The molecule has 1 aliphatic rings. The number of ether oxygens (including phenoxy) is 1. The summed E-state index contributed by atoms with van der Waals surface area (Å²) < 4.78 is 20.3. The van der Waals surface area contributed by atoms with Crippen molar-refractivity contribution in [2.24, 2.45) is 0 Å². The van der Waals surface area contributed by atoms with Crippen LogP contribution < -0.4 is 5.32 Å². The van der Waals surface area contributed by atoms with E-state index in [1.807, 2.05) is 18.2 Å². The second-order valence-electron chi connectivity index (χ2n) is 6.78. The number of rotatable bonds is 8. The van der Waals surface area contributed by atoms with Crippen LogP contribution in [0.5, 0.6) is 0 Å². The molecule has 0 aliphatic carbocycles. The topological polar surface area (TPSA) is 41.6 Å². The number of hydrogen-bond acceptors (Lipinski definition) is 3. The van der Waals surface area contributed by atoms with Gasteiger partial charge in [-0.3, -0.25) is 9.69 Å². The first-order chi connectivity index (χ1) is 13.1. The minimum atomic E-state index is -0.446. The summed E-state index contributed by atoms with van der Waals surface area (Å²) in [4.78, 5) is 14.5. The molecular weight excluding hydrogens is 411 g/mol. The van der Waals surface area contributed by atoms with Crippen molar-refractivity contribution in [2.45, 2.75) is 31.9 Å². The van der Waals surface area contributed by atoms with Crippen molar-refractivity contribution in [3.8, 4) is 0 Å². The highest BCUT2D eigenvalue weighted by Gasteiger charge is 2.20. The molecule has 1 amide bonds. The summed E-state index contributed by atoms with van der Waals surface area (Å²) >= 11 is 3.21. The zero-order chi connectivity index (χ0) is 19.1. The van der Waals surface area contributed by atoms with E-state index in [2.05, 4.69) is 38.3 Å². The maximum atomic E-state index is 13.9. The largest absolute Gasteiger partial charge is 0.377 e. The van der Waals surface area contributed by atoms with Crippen LogP contribution in [-0.4, -0.2) is 36.6 Å². The van der Waals surface area contributed by atoms with E-state index in [0.717, 1.165) is 32.5 Å². The molecule has 4 nitrogen and oxygen atoms in total. The highest BCUT2D eigenvalue weighted by Crippen LogP contribution is 2.20. The maximum Gasteiger partial charge on any atom is 0.225 e. The minimum absolute atomic E-state index is 0.193. The Kier molecular flexibility index (Phi) is 7.38. The molecule has 0 spiro atoms. The molecule has 0 saturated carbocycles. The first-order valence-corrected chi connectivity index (χ1v) is 10.0. The van der Waals surface area contributed by atoms with Crippen LogP contribution in [0.15, 0.2) is 53.0 Å². The first kappa shape index (κ1) is 20.0. The van der Waals surface area contributed by atoms with Crippen LogP contribution in [0, 0.1) is 5.82 Å². The maximum absolute atomic E-state index is 13.9. The van der Waals surface area contributed by atoms with E-state index >= 15 is 0 Å². The smallest absolute Gasteiger partial charge is 0.225 e. The molecule has 2 aromatic rings. The Hall–Kier alpha value is -1.76. The van der Waals surface area contributed by atoms with E-state index in [0.29, 0.717) is 17.4 Å². The molecule has 3 rings (SSSR count). The van der Waals surface area contributed by atoms with Gasteiger partial charge < -0.3 is 10.1 Å². The summed E-state index contributed by atoms with van der Waals surface area (Å²) in [6.07, 6.45) is 2.67. The van der Waals surface area contributed by atoms with Crippen molar-refractivity contribution in [3.05, 3.63) is 64.4 Å². The van der Waals surface area contributed by atoms with Gasteiger partial charge in [0.05, 0.1) is 11.8 Å². The van der Waals surface area contributed by atoms with Gasteiger partial charge >= 0.3 is 0 Å². The summed E-state index contributed by atoms with van der Waals surface area (Å²) in [5.41, 5.74) is 1.41. The number of halogens is 2. The Balaban J connectivity index is 1.56. The molecule has 1 N–H and O–H groups in total. The van der Waals surface area contributed by atoms with Crippen LogP contribution in [-0.2, 0) is 16.1 Å². The number of anilines is 1. The molecule has 144 valence electrons. The first-order valence-electron chi connectivity index (χ1n) is 9.23. The van der Waals surface area contributed by atoms with Crippen LogP contribution >= 0.6 is 15.9 Å². The number of nitrogens with one attached hydrogen (secondary N) is 1. The zero-order valence-corrected chi connectivity index (χ0v) is 16.8. The molecule has 1 saturated heterocycles. The van der Waals surface area contributed by atoms with Gasteiger partial charge in [-0.1, -0.05) is 46.3 Å². The second kappa shape index (κ2) is 9.97.